The van der Waals surface area contributed by atoms with Crippen molar-refractivity contribution < 1.29 is 4.74 Å². The van der Waals surface area contributed by atoms with E-state index in [1.165, 1.54) is 29.7 Å². The van der Waals surface area contributed by atoms with Gasteiger partial charge in [-0.05, 0) is 42.9 Å². The van der Waals surface area contributed by atoms with Crippen LogP contribution in [0, 0.1) is 0 Å². The van der Waals surface area contributed by atoms with Crippen molar-refractivity contribution in [2.75, 3.05) is 19.0 Å². The second kappa shape index (κ2) is 5.29. The molecular formula is C15H22N2O. The number of aryl methyl sites for hydroxylation is 1. The van der Waals surface area contributed by atoms with Gasteiger partial charge >= 0.3 is 0 Å². The first kappa shape index (κ1) is 12.0. The molecule has 2 aliphatic rings. The summed E-state index contributed by atoms with van der Waals surface area (Å²) in [7, 11) is 1.80. The van der Waals surface area contributed by atoms with Crippen molar-refractivity contribution in [3.8, 4) is 0 Å². The van der Waals surface area contributed by atoms with Crippen LogP contribution >= 0.6 is 0 Å². The van der Waals surface area contributed by atoms with Crippen molar-refractivity contribution >= 4 is 5.69 Å². The van der Waals surface area contributed by atoms with Crippen molar-refractivity contribution in [2.45, 2.75) is 44.4 Å². The highest BCUT2D eigenvalue weighted by Gasteiger charge is 2.28. The van der Waals surface area contributed by atoms with E-state index in [9.17, 15) is 0 Å². The van der Waals surface area contributed by atoms with Crippen LogP contribution in [0.2, 0.25) is 0 Å². The summed E-state index contributed by atoms with van der Waals surface area (Å²) in [6, 6.07) is 7.45. The maximum absolute atomic E-state index is 5.29. The van der Waals surface area contributed by atoms with Crippen molar-refractivity contribution in [1.82, 2.24) is 5.32 Å². The number of hydrogen-bond acceptors (Lipinski definition) is 3. The van der Waals surface area contributed by atoms with Gasteiger partial charge in [0.1, 0.15) is 0 Å². The van der Waals surface area contributed by atoms with Crippen molar-refractivity contribution in [3.63, 3.8) is 0 Å². The molecule has 3 nitrogen and oxygen atoms in total. The van der Waals surface area contributed by atoms with E-state index in [2.05, 4.69) is 28.8 Å². The molecule has 0 radical (unpaired) electrons. The lowest BCUT2D eigenvalue weighted by Crippen LogP contribution is -2.44. The molecule has 0 aromatic heterocycles. The fraction of sp³-hybridized carbons (Fsp3) is 0.600. The maximum atomic E-state index is 5.29. The van der Waals surface area contributed by atoms with Crippen molar-refractivity contribution in [2.24, 2.45) is 0 Å². The van der Waals surface area contributed by atoms with Crippen LogP contribution < -0.4 is 10.6 Å². The monoisotopic (exact) mass is 246 g/mol. The number of benzene rings is 1. The van der Waals surface area contributed by atoms with E-state index < -0.39 is 0 Å². The Kier molecular flexibility index (Phi) is 3.52. The van der Waals surface area contributed by atoms with Gasteiger partial charge in [0.25, 0.3) is 0 Å². The Hall–Kier alpha value is -1.06. The van der Waals surface area contributed by atoms with Crippen molar-refractivity contribution in [1.29, 1.82) is 0 Å². The summed E-state index contributed by atoms with van der Waals surface area (Å²) in [6.07, 6.45) is 5.26. The van der Waals surface area contributed by atoms with Gasteiger partial charge in [-0.1, -0.05) is 12.1 Å². The van der Waals surface area contributed by atoms with Crippen molar-refractivity contribution in [3.05, 3.63) is 29.3 Å². The molecule has 1 aliphatic heterocycles. The van der Waals surface area contributed by atoms with Gasteiger partial charge in [-0.3, -0.25) is 0 Å². The third-order valence-electron chi connectivity index (χ3n) is 4.13. The predicted molar refractivity (Wildman–Crippen MR) is 73.9 cm³/mol. The quantitative estimate of drug-likeness (QED) is 0.855. The summed E-state index contributed by atoms with van der Waals surface area (Å²) >= 11 is 0. The molecular weight excluding hydrogens is 224 g/mol. The Morgan fingerprint density at radius 2 is 2.28 bits per heavy atom. The SMILES string of the molecule is COC1CC(NCc2ccc3c(c2)CCCN3)C1. The fourth-order valence-corrected chi connectivity index (χ4v) is 2.83. The first-order chi connectivity index (χ1) is 8.85. The number of fused-ring (bicyclic) bond motifs is 1. The highest BCUT2D eigenvalue weighted by molar-refractivity contribution is 5.54. The Bertz CT molecular complexity index is 413. The summed E-state index contributed by atoms with van der Waals surface area (Å²) in [5, 5.41) is 7.06. The lowest BCUT2D eigenvalue weighted by atomic mass is 9.89. The van der Waals surface area contributed by atoms with E-state index in [1.54, 1.807) is 7.11 Å². The second-order valence-electron chi connectivity index (χ2n) is 5.43. The smallest absolute Gasteiger partial charge is 0.0601 e. The number of hydrogen-bond donors (Lipinski definition) is 2. The maximum Gasteiger partial charge on any atom is 0.0601 e. The minimum absolute atomic E-state index is 0.482. The van der Waals surface area contributed by atoms with Crippen LogP contribution in [0.1, 0.15) is 30.4 Å². The summed E-state index contributed by atoms with van der Waals surface area (Å²) in [6.45, 7) is 2.10. The molecule has 0 unspecified atom stereocenters. The van der Waals surface area contributed by atoms with E-state index in [0.717, 1.165) is 25.9 Å². The van der Waals surface area contributed by atoms with E-state index in [1.807, 2.05) is 0 Å². The zero-order valence-electron chi connectivity index (χ0n) is 11.0. The fourth-order valence-electron chi connectivity index (χ4n) is 2.83. The lowest BCUT2D eigenvalue weighted by molar-refractivity contribution is 0.0170. The summed E-state index contributed by atoms with van der Waals surface area (Å²) in [4.78, 5) is 0. The highest BCUT2D eigenvalue weighted by Crippen LogP contribution is 2.25. The van der Waals surface area contributed by atoms with E-state index >= 15 is 0 Å². The molecule has 0 atom stereocenters. The molecule has 1 aliphatic carbocycles. The number of rotatable bonds is 4. The molecule has 0 amide bonds. The normalized spacial score (nSPS) is 26.1. The van der Waals surface area contributed by atoms with Crippen LogP contribution in [0.3, 0.4) is 0 Å². The number of nitrogens with one attached hydrogen (secondary N) is 2. The van der Waals surface area contributed by atoms with Gasteiger partial charge < -0.3 is 15.4 Å². The highest BCUT2D eigenvalue weighted by atomic mass is 16.5. The van der Waals surface area contributed by atoms with Crippen LogP contribution in [-0.2, 0) is 17.7 Å². The van der Waals surface area contributed by atoms with Gasteiger partial charge in [-0.25, -0.2) is 0 Å². The van der Waals surface area contributed by atoms with Crippen LogP contribution in [0.5, 0.6) is 0 Å². The first-order valence-electron chi connectivity index (χ1n) is 6.97. The van der Waals surface area contributed by atoms with Crippen LogP contribution in [0.25, 0.3) is 0 Å². The molecule has 1 fully saturated rings. The number of anilines is 1. The van der Waals surface area contributed by atoms with E-state index in [0.29, 0.717) is 12.1 Å². The zero-order valence-corrected chi connectivity index (χ0v) is 11.0. The molecule has 1 aromatic carbocycles. The van der Waals surface area contributed by atoms with Gasteiger partial charge in [0.2, 0.25) is 0 Å². The molecule has 1 saturated carbocycles. The lowest BCUT2D eigenvalue weighted by Gasteiger charge is -2.34. The summed E-state index contributed by atoms with van der Waals surface area (Å²) in [5.41, 5.74) is 4.20. The third-order valence-corrected chi connectivity index (χ3v) is 4.13. The molecule has 1 heterocycles. The number of ether oxygens (including phenoxy) is 1. The molecule has 0 saturated heterocycles. The third kappa shape index (κ3) is 2.52. The molecule has 98 valence electrons. The van der Waals surface area contributed by atoms with E-state index in [-0.39, 0.29) is 0 Å². The first-order valence-corrected chi connectivity index (χ1v) is 6.97. The Morgan fingerprint density at radius 3 is 3.11 bits per heavy atom. The predicted octanol–water partition coefficient (Wildman–Crippen LogP) is 2.31. The second-order valence-corrected chi connectivity index (χ2v) is 5.43. The largest absolute Gasteiger partial charge is 0.385 e. The van der Waals surface area contributed by atoms with Gasteiger partial charge in [0, 0.05) is 31.9 Å². The summed E-state index contributed by atoms with van der Waals surface area (Å²) in [5.74, 6) is 0. The molecule has 3 heteroatoms. The topological polar surface area (TPSA) is 33.3 Å². The number of methoxy groups -OCH3 is 1. The minimum atomic E-state index is 0.482. The molecule has 3 rings (SSSR count). The standard InChI is InChI=1S/C15H22N2O/c1-18-14-8-13(9-14)17-10-11-4-5-15-12(7-11)3-2-6-16-15/h4-5,7,13-14,16-17H,2-3,6,8-10H2,1H3. The van der Waals surface area contributed by atoms with Gasteiger partial charge in [-0.2, -0.15) is 0 Å². The van der Waals surface area contributed by atoms with Gasteiger partial charge in [0.05, 0.1) is 6.10 Å². The average molecular weight is 246 g/mol. The van der Waals surface area contributed by atoms with Crippen LogP contribution in [-0.4, -0.2) is 25.8 Å². The Balaban J connectivity index is 1.54. The molecule has 1 aromatic rings. The zero-order chi connectivity index (χ0) is 12.4. The summed E-state index contributed by atoms with van der Waals surface area (Å²) < 4.78 is 5.29. The molecule has 0 spiro atoms. The van der Waals surface area contributed by atoms with Gasteiger partial charge in [-0.15, -0.1) is 0 Å². The molecule has 18 heavy (non-hydrogen) atoms. The van der Waals surface area contributed by atoms with E-state index in [4.69, 9.17) is 4.74 Å². The molecule has 0 bridgehead atoms. The minimum Gasteiger partial charge on any atom is -0.385 e. The Morgan fingerprint density at radius 1 is 1.39 bits per heavy atom. The average Bonchev–Trinajstić information content (AvgIpc) is 2.37. The van der Waals surface area contributed by atoms with Crippen LogP contribution in [0.15, 0.2) is 18.2 Å². The molecule has 2 N–H and O–H groups in total. The van der Waals surface area contributed by atoms with Gasteiger partial charge in [0.15, 0.2) is 0 Å². The Labute approximate surface area is 109 Å². The van der Waals surface area contributed by atoms with Crippen LogP contribution in [0.4, 0.5) is 5.69 Å².